The zero-order valence-electron chi connectivity index (χ0n) is 12.6. The Kier molecular flexibility index (Phi) is 6.62. The van der Waals surface area contributed by atoms with Crippen molar-refractivity contribution in [2.75, 3.05) is 6.54 Å². The van der Waals surface area contributed by atoms with Crippen molar-refractivity contribution < 1.29 is 0 Å². The van der Waals surface area contributed by atoms with Gasteiger partial charge in [0.15, 0.2) is 0 Å². The van der Waals surface area contributed by atoms with E-state index in [1.54, 1.807) is 0 Å². The molecule has 112 valence electrons. The minimum atomic E-state index is 0.657. The Morgan fingerprint density at radius 3 is 2.52 bits per heavy atom. The molecule has 0 saturated carbocycles. The number of benzene rings is 2. The first-order chi connectivity index (χ1) is 10.2. The third-order valence-electron chi connectivity index (χ3n) is 3.14. The molecule has 0 heterocycles. The highest BCUT2D eigenvalue weighted by Crippen LogP contribution is 2.33. The van der Waals surface area contributed by atoms with Crippen molar-refractivity contribution in [3.63, 3.8) is 0 Å². The molecule has 0 atom stereocenters. The highest BCUT2D eigenvalue weighted by Gasteiger charge is 2.08. The van der Waals surface area contributed by atoms with Crippen LogP contribution in [0.15, 0.2) is 53.4 Å². The van der Waals surface area contributed by atoms with Crippen LogP contribution in [0.2, 0.25) is 5.02 Å². The van der Waals surface area contributed by atoms with Crippen LogP contribution in [0.5, 0.6) is 0 Å². The van der Waals surface area contributed by atoms with Gasteiger partial charge in [-0.25, -0.2) is 0 Å². The third-order valence-corrected chi connectivity index (χ3v) is 4.82. The molecule has 0 amide bonds. The molecular weight excluding hydrogens is 298 g/mol. The van der Waals surface area contributed by atoms with Crippen LogP contribution in [0.1, 0.15) is 25.0 Å². The van der Waals surface area contributed by atoms with Crippen LogP contribution in [0.3, 0.4) is 0 Å². The van der Waals surface area contributed by atoms with E-state index in [0.29, 0.717) is 5.92 Å². The van der Waals surface area contributed by atoms with Gasteiger partial charge in [-0.15, -0.1) is 11.8 Å². The molecule has 2 rings (SSSR count). The summed E-state index contributed by atoms with van der Waals surface area (Å²) in [6.07, 6.45) is 0. The summed E-state index contributed by atoms with van der Waals surface area (Å²) in [5.74, 6) is 1.60. The summed E-state index contributed by atoms with van der Waals surface area (Å²) < 4.78 is 0. The highest BCUT2D eigenvalue weighted by molar-refractivity contribution is 7.98. The van der Waals surface area contributed by atoms with Crippen LogP contribution >= 0.6 is 23.4 Å². The molecule has 0 radical (unpaired) electrons. The standard InChI is InChI=1S/C18H22ClNS/c1-14(2)11-20-12-16-9-6-10-17(19)18(16)21-13-15-7-4-3-5-8-15/h3-10,14,20H,11-13H2,1-2H3. The molecule has 1 N–H and O–H groups in total. The summed E-state index contributed by atoms with van der Waals surface area (Å²) in [5, 5.41) is 4.34. The number of halogens is 1. The normalized spacial score (nSPS) is 11.0. The second-order valence-electron chi connectivity index (χ2n) is 5.53. The molecular formula is C18H22ClNS. The van der Waals surface area contributed by atoms with Crippen molar-refractivity contribution in [3.05, 3.63) is 64.7 Å². The summed E-state index contributed by atoms with van der Waals surface area (Å²) in [5.41, 5.74) is 2.60. The summed E-state index contributed by atoms with van der Waals surface area (Å²) >= 11 is 8.20. The molecule has 0 aliphatic carbocycles. The summed E-state index contributed by atoms with van der Waals surface area (Å²) in [4.78, 5) is 1.19. The Labute approximate surface area is 137 Å². The van der Waals surface area contributed by atoms with Gasteiger partial charge >= 0.3 is 0 Å². The topological polar surface area (TPSA) is 12.0 Å². The van der Waals surface area contributed by atoms with Crippen molar-refractivity contribution in [1.82, 2.24) is 5.32 Å². The smallest absolute Gasteiger partial charge is 0.0545 e. The maximum Gasteiger partial charge on any atom is 0.0545 e. The van der Waals surface area contributed by atoms with Gasteiger partial charge in [-0.2, -0.15) is 0 Å². The zero-order chi connectivity index (χ0) is 15.1. The lowest BCUT2D eigenvalue weighted by atomic mass is 10.2. The van der Waals surface area contributed by atoms with E-state index in [1.165, 1.54) is 16.0 Å². The second-order valence-corrected chi connectivity index (χ2v) is 6.92. The SMILES string of the molecule is CC(C)CNCc1cccc(Cl)c1SCc1ccccc1. The van der Waals surface area contributed by atoms with Gasteiger partial charge in [-0.1, -0.05) is 67.9 Å². The van der Waals surface area contributed by atoms with E-state index in [9.17, 15) is 0 Å². The first kappa shape index (κ1) is 16.4. The van der Waals surface area contributed by atoms with Crippen LogP contribution in [-0.2, 0) is 12.3 Å². The lowest BCUT2D eigenvalue weighted by Crippen LogP contribution is -2.19. The monoisotopic (exact) mass is 319 g/mol. The lowest BCUT2D eigenvalue weighted by molar-refractivity contribution is 0.550. The van der Waals surface area contributed by atoms with Gasteiger partial charge in [0.05, 0.1) is 5.02 Å². The van der Waals surface area contributed by atoms with Crippen molar-refractivity contribution in [3.8, 4) is 0 Å². The zero-order valence-corrected chi connectivity index (χ0v) is 14.2. The van der Waals surface area contributed by atoms with E-state index < -0.39 is 0 Å². The van der Waals surface area contributed by atoms with Gasteiger partial charge in [-0.05, 0) is 29.7 Å². The van der Waals surface area contributed by atoms with E-state index in [1.807, 2.05) is 30.0 Å². The largest absolute Gasteiger partial charge is 0.312 e. The van der Waals surface area contributed by atoms with E-state index in [2.05, 4.69) is 49.5 Å². The molecule has 0 saturated heterocycles. The number of rotatable bonds is 7. The minimum Gasteiger partial charge on any atom is -0.312 e. The molecule has 21 heavy (non-hydrogen) atoms. The summed E-state index contributed by atoms with van der Waals surface area (Å²) in [7, 11) is 0. The Bertz CT molecular complexity index is 554. The van der Waals surface area contributed by atoms with Crippen LogP contribution in [0.25, 0.3) is 0 Å². The summed E-state index contributed by atoms with van der Waals surface area (Å²) in [6.45, 7) is 6.33. The van der Waals surface area contributed by atoms with E-state index in [4.69, 9.17) is 11.6 Å². The van der Waals surface area contributed by atoms with E-state index >= 15 is 0 Å². The predicted molar refractivity (Wildman–Crippen MR) is 94.0 cm³/mol. The Morgan fingerprint density at radius 2 is 1.81 bits per heavy atom. The van der Waals surface area contributed by atoms with E-state index in [0.717, 1.165) is 23.9 Å². The molecule has 3 heteroatoms. The average Bonchev–Trinajstić information content (AvgIpc) is 2.47. The fourth-order valence-corrected chi connectivity index (χ4v) is 3.47. The lowest BCUT2D eigenvalue weighted by Gasteiger charge is -2.13. The fourth-order valence-electron chi connectivity index (χ4n) is 2.08. The molecule has 1 nitrogen and oxygen atoms in total. The number of hydrogen-bond donors (Lipinski definition) is 1. The molecule has 0 spiro atoms. The highest BCUT2D eigenvalue weighted by atomic mass is 35.5. The van der Waals surface area contributed by atoms with Crippen LogP contribution in [0, 0.1) is 5.92 Å². The van der Waals surface area contributed by atoms with Crippen molar-refractivity contribution >= 4 is 23.4 Å². The first-order valence-electron chi connectivity index (χ1n) is 7.31. The molecule has 0 bridgehead atoms. The molecule has 0 unspecified atom stereocenters. The van der Waals surface area contributed by atoms with Gasteiger partial charge in [0.1, 0.15) is 0 Å². The van der Waals surface area contributed by atoms with Gasteiger partial charge in [0.25, 0.3) is 0 Å². The van der Waals surface area contributed by atoms with Crippen molar-refractivity contribution in [1.29, 1.82) is 0 Å². The van der Waals surface area contributed by atoms with Crippen LogP contribution in [0.4, 0.5) is 0 Å². The fraction of sp³-hybridized carbons (Fsp3) is 0.333. The van der Waals surface area contributed by atoms with Crippen molar-refractivity contribution in [2.24, 2.45) is 5.92 Å². The van der Waals surface area contributed by atoms with E-state index in [-0.39, 0.29) is 0 Å². The molecule has 0 aliphatic heterocycles. The summed E-state index contributed by atoms with van der Waals surface area (Å²) in [6, 6.07) is 16.7. The molecule has 2 aromatic carbocycles. The maximum atomic E-state index is 6.39. The number of nitrogens with one attached hydrogen (secondary N) is 1. The molecule has 0 aromatic heterocycles. The van der Waals surface area contributed by atoms with Crippen LogP contribution in [-0.4, -0.2) is 6.54 Å². The quantitative estimate of drug-likeness (QED) is 0.688. The molecule has 2 aromatic rings. The van der Waals surface area contributed by atoms with Gasteiger partial charge in [0, 0.05) is 17.2 Å². The van der Waals surface area contributed by atoms with Gasteiger partial charge in [-0.3, -0.25) is 0 Å². The Morgan fingerprint density at radius 1 is 1.05 bits per heavy atom. The third kappa shape index (κ3) is 5.39. The Balaban J connectivity index is 2.03. The number of thioether (sulfide) groups is 1. The Hall–Kier alpha value is -0.960. The first-order valence-corrected chi connectivity index (χ1v) is 8.68. The predicted octanol–water partition coefficient (Wildman–Crippen LogP) is 5.38. The van der Waals surface area contributed by atoms with Crippen LogP contribution < -0.4 is 5.32 Å². The maximum absolute atomic E-state index is 6.39. The second kappa shape index (κ2) is 8.47. The minimum absolute atomic E-state index is 0.657. The van der Waals surface area contributed by atoms with Crippen molar-refractivity contribution in [2.45, 2.75) is 31.0 Å². The molecule has 0 aliphatic rings. The van der Waals surface area contributed by atoms with Gasteiger partial charge < -0.3 is 5.32 Å². The number of hydrogen-bond acceptors (Lipinski definition) is 2. The van der Waals surface area contributed by atoms with Gasteiger partial charge in [0.2, 0.25) is 0 Å². The molecule has 0 fully saturated rings. The average molecular weight is 320 g/mol.